The minimum Gasteiger partial charge on any atom is -0.357 e. The van der Waals surface area contributed by atoms with Gasteiger partial charge in [-0.15, -0.1) is 0 Å². The SMILES string of the molecule is O=C(NC1CCc2c(F)cccc21)c1ccc[nH]1. The van der Waals surface area contributed by atoms with Crippen LogP contribution in [-0.2, 0) is 6.42 Å². The average Bonchev–Trinajstić information content (AvgIpc) is 2.99. The van der Waals surface area contributed by atoms with Gasteiger partial charge in [-0.1, -0.05) is 12.1 Å². The lowest BCUT2D eigenvalue weighted by Gasteiger charge is -2.13. The molecule has 1 aliphatic carbocycles. The van der Waals surface area contributed by atoms with E-state index in [0.717, 1.165) is 17.5 Å². The molecule has 1 aliphatic rings. The monoisotopic (exact) mass is 244 g/mol. The van der Waals surface area contributed by atoms with Crippen LogP contribution >= 0.6 is 0 Å². The van der Waals surface area contributed by atoms with Crippen LogP contribution in [0, 0.1) is 5.82 Å². The second-order valence-electron chi connectivity index (χ2n) is 4.46. The van der Waals surface area contributed by atoms with Gasteiger partial charge in [0.15, 0.2) is 0 Å². The van der Waals surface area contributed by atoms with Crippen LogP contribution < -0.4 is 5.32 Å². The number of benzene rings is 1. The van der Waals surface area contributed by atoms with Gasteiger partial charge in [0, 0.05) is 6.20 Å². The van der Waals surface area contributed by atoms with Crippen molar-refractivity contribution < 1.29 is 9.18 Å². The number of hydrogen-bond donors (Lipinski definition) is 2. The number of aromatic nitrogens is 1. The number of halogens is 1. The van der Waals surface area contributed by atoms with Crippen molar-refractivity contribution in [3.05, 3.63) is 59.2 Å². The Morgan fingerprint density at radius 1 is 1.33 bits per heavy atom. The van der Waals surface area contributed by atoms with E-state index >= 15 is 0 Å². The quantitative estimate of drug-likeness (QED) is 0.837. The fourth-order valence-corrected chi connectivity index (χ4v) is 2.47. The van der Waals surface area contributed by atoms with Crippen molar-refractivity contribution in [3.8, 4) is 0 Å². The summed E-state index contributed by atoms with van der Waals surface area (Å²) in [5.41, 5.74) is 2.16. The van der Waals surface area contributed by atoms with Crippen molar-refractivity contribution in [1.29, 1.82) is 0 Å². The highest BCUT2D eigenvalue weighted by Crippen LogP contribution is 2.32. The molecule has 0 fully saturated rings. The molecule has 0 aliphatic heterocycles. The maximum absolute atomic E-state index is 13.6. The van der Waals surface area contributed by atoms with Gasteiger partial charge in [0.1, 0.15) is 11.5 Å². The molecule has 3 rings (SSSR count). The van der Waals surface area contributed by atoms with E-state index in [1.807, 2.05) is 6.07 Å². The molecule has 0 saturated heterocycles. The van der Waals surface area contributed by atoms with Crippen molar-refractivity contribution in [1.82, 2.24) is 10.3 Å². The highest BCUT2D eigenvalue weighted by Gasteiger charge is 2.26. The molecule has 0 bridgehead atoms. The lowest BCUT2D eigenvalue weighted by molar-refractivity contribution is 0.0932. The number of H-pyrrole nitrogens is 1. The van der Waals surface area contributed by atoms with Gasteiger partial charge < -0.3 is 10.3 Å². The third-order valence-corrected chi connectivity index (χ3v) is 3.36. The summed E-state index contributed by atoms with van der Waals surface area (Å²) < 4.78 is 13.6. The average molecular weight is 244 g/mol. The predicted octanol–water partition coefficient (Wildman–Crippen LogP) is 2.57. The van der Waals surface area contributed by atoms with Crippen LogP contribution in [0.1, 0.15) is 34.1 Å². The van der Waals surface area contributed by atoms with E-state index in [-0.39, 0.29) is 17.8 Å². The topological polar surface area (TPSA) is 44.9 Å². The highest BCUT2D eigenvalue weighted by molar-refractivity contribution is 5.92. The van der Waals surface area contributed by atoms with Gasteiger partial charge in [0.2, 0.25) is 0 Å². The molecule has 0 radical (unpaired) electrons. The summed E-state index contributed by atoms with van der Waals surface area (Å²) in [6.07, 6.45) is 3.14. The normalized spacial score (nSPS) is 17.5. The first-order valence-electron chi connectivity index (χ1n) is 5.97. The lowest BCUT2D eigenvalue weighted by atomic mass is 10.1. The summed E-state index contributed by atoms with van der Waals surface area (Å²) in [6, 6.07) is 8.44. The van der Waals surface area contributed by atoms with Crippen LogP contribution in [0.15, 0.2) is 36.5 Å². The minimum atomic E-state index is -0.177. The van der Waals surface area contributed by atoms with E-state index < -0.39 is 0 Å². The number of rotatable bonds is 2. The standard InChI is InChI=1S/C14H13FN2O/c15-11-4-1-3-10-9(11)6-7-12(10)17-14(18)13-5-2-8-16-13/h1-5,8,12,16H,6-7H2,(H,17,18). The van der Waals surface area contributed by atoms with Crippen LogP contribution in [0.3, 0.4) is 0 Å². The van der Waals surface area contributed by atoms with Crippen molar-refractivity contribution in [2.75, 3.05) is 0 Å². The molecule has 1 aromatic carbocycles. The van der Waals surface area contributed by atoms with E-state index in [1.54, 1.807) is 24.4 Å². The Morgan fingerprint density at radius 2 is 2.22 bits per heavy atom. The Morgan fingerprint density at radius 3 is 3.00 bits per heavy atom. The number of amides is 1. The van der Waals surface area contributed by atoms with Gasteiger partial charge in [0.05, 0.1) is 6.04 Å². The number of aromatic amines is 1. The molecule has 2 aromatic rings. The summed E-state index contributed by atoms with van der Waals surface area (Å²) >= 11 is 0. The molecule has 3 nitrogen and oxygen atoms in total. The van der Waals surface area contributed by atoms with E-state index in [1.165, 1.54) is 6.07 Å². The van der Waals surface area contributed by atoms with E-state index in [4.69, 9.17) is 0 Å². The molecular formula is C14H13FN2O. The van der Waals surface area contributed by atoms with Gasteiger partial charge in [-0.3, -0.25) is 4.79 Å². The van der Waals surface area contributed by atoms with Crippen LogP contribution in [0.4, 0.5) is 4.39 Å². The minimum absolute atomic E-state index is 0.0912. The zero-order valence-electron chi connectivity index (χ0n) is 9.74. The molecule has 0 spiro atoms. The predicted molar refractivity (Wildman–Crippen MR) is 65.7 cm³/mol. The number of carbonyl (C=O) groups is 1. The number of hydrogen-bond acceptors (Lipinski definition) is 1. The van der Waals surface area contributed by atoms with Crippen molar-refractivity contribution in [2.24, 2.45) is 0 Å². The summed E-state index contributed by atoms with van der Waals surface area (Å²) in [5.74, 6) is -0.328. The Labute approximate surface area is 104 Å². The van der Waals surface area contributed by atoms with Gasteiger partial charge in [-0.05, 0) is 42.2 Å². The second kappa shape index (κ2) is 4.29. The Kier molecular flexibility index (Phi) is 2.63. The molecule has 1 heterocycles. The smallest absolute Gasteiger partial charge is 0.268 e. The number of fused-ring (bicyclic) bond motifs is 1. The largest absolute Gasteiger partial charge is 0.357 e. The Bertz CT molecular complexity index is 577. The first-order valence-corrected chi connectivity index (χ1v) is 5.97. The zero-order valence-corrected chi connectivity index (χ0v) is 9.74. The molecule has 4 heteroatoms. The van der Waals surface area contributed by atoms with Crippen LogP contribution in [0.2, 0.25) is 0 Å². The summed E-state index contributed by atoms with van der Waals surface area (Å²) in [4.78, 5) is 14.8. The third kappa shape index (κ3) is 1.79. The molecule has 1 amide bonds. The van der Waals surface area contributed by atoms with Crippen molar-refractivity contribution >= 4 is 5.91 Å². The molecular weight excluding hydrogens is 231 g/mol. The van der Waals surface area contributed by atoms with Gasteiger partial charge >= 0.3 is 0 Å². The molecule has 1 aromatic heterocycles. The maximum Gasteiger partial charge on any atom is 0.268 e. The zero-order chi connectivity index (χ0) is 12.5. The molecule has 1 unspecified atom stereocenters. The van der Waals surface area contributed by atoms with Crippen LogP contribution in [0.5, 0.6) is 0 Å². The van der Waals surface area contributed by atoms with Crippen LogP contribution in [0.25, 0.3) is 0 Å². The summed E-state index contributed by atoms with van der Waals surface area (Å²) in [7, 11) is 0. The number of nitrogens with one attached hydrogen (secondary N) is 2. The van der Waals surface area contributed by atoms with E-state index in [2.05, 4.69) is 10.3 Å². The molecule has 1 atom stereocenters. The van der Waals surface area contributed by atoms with Gasteiger partial charge in [0.25, 0.3) is 5.91 Å². The maximum atomic E-state index is 13.6. The molecule has 92 valence electrons. The van der Waals surface area contributed by atoms with Gasteiger partial charge in [-0.25, -0.2) is 4.39 Å². The number of carbonyl (C=O) groups excluding carboxylic acids is 1. The molecule has 18 heavy (non-hydrogen) atoms. The lowest BCUT2D eigenvalue weighted by Crippen LogP contribution is -2.27. The van der Waals surface area contributed by atoms with Gasteiger partial charge in [-0.2, -0.15) is 0 Å². The fraction of sp³-hybridized carbons (Fsp3) is 0.214. The van der Waals surface area contributed by atoms with Crippen LogP contribution in [-0.4, -0.2) is 10.9 Å². The molecule has 0 saturated carbocycles. The van der Waals surface area contributed by atoms with Crippen molar-refractivity contribution in [2.45, 2.75) is 18.9 Å². The Hall–Kier alpha value is -2.10. The Balaban J connectivity index is 1.81. The molecule has 2 N–H and O–H groups in total. The van der Waals surface area contributed by atoms with E-state index in [9.17, 15) is 9.18 Å². The fourth-order valence-electron chi connectivity index (χ4n) is 2.47. The second-order valence-corrected chi connectivity index (χ2v) is 4.46. The van der Waals surface area contributed by atoms with E-state index in [0.29, 0.717) is 12.1 Å². The first-order chi connectivity index (χ1) is 8.75. The third-order valence-electron chi connectivity index (χ3n) is 3.36. The highest BCUT2D eigenvalue weighted by atomic mass is 19.1. The first kappa shape index (κ1) is 11.0. The summed E-state index contributed by atoms with van der Waals surface area (Å²) in [5, 5.41) is 2.93. The van der Waals surface area contributed by atoms with Crippen molar-refractivity contribution in [3.63, 3.8) is 0 Å². The summed E-state index contributed by atoms with van der Waals surface area (Å²) in [6.45, 7) is 0.